The minimum atomic E-state index is -0.372. The number of unbranched alkanes of at least 4 members (excludes halogenated alkanes) is 9. The molecule has 0 unspecified atom stereocenters. The van der Waals surface area contributed by atoms with Crippen LogP contribution in [-0.4, -0.2) is 12.5 Å². The van der Waals surface area contributed by atoms with E-state index in [1.807, 2.05) is 18.2 Å². The molecule has 1 amide bonds. The van der Waals surface area contributed by atoms with E-state index in [0.29, 0.717) is 5.57 Å². The van der Waals surface area contributed by atoms with Crippen molar-refractivity contribution in [2.45, 2.75) is 78.1 Å². The van der Waals surface area contributed by atoms with Gasteiger partial charge in [-0.1, -0.05) is 76.8 Å². The van der Waals surface area contributed by atoms with Gasteiger partial charge in [-0.05, 0) is 37.1 Å². The van der Waals surface area contributed by atoms with E-state index in [4.69, 9.17) is 5.73 Å². The van der Waals surface area contributed by atoms with Gasteiger partial charge in [0.1, 0.15) is 0 Å². The predicted octanol–water partition coefficient (Wildman–Crippen LogP) is 5.91. The summed E-state index contributed by atoms with van der Waals surface area (Å²) in [5, 5.41) is 3.46. The summed E-state index contributed by atoms with van der Waals surface area (Å²) in [6.07, 6.45) is 15.4. The molecular weight excluding hydrogens is 308 g/mol. The lowest BCUT2D eigenvalue weighted by Crippen LogP contribution is -2.11. The van der Waals surface area contributed by atoms with Crippen molar-refractivity contribution in [1.82, 2.24) is 0 Å². The standard InChI is InChI=1S/C22H36N2O/c1-3-4-5-6-7-8-9-10-11-12-17-24-21-15-13-20(14-16-21)18-19(2)22(23)25/h13-16,18,24H,3-12,17H2,1-2H3,(H2,23,25). The summed E-state index contributed by atoms with van der Waals surface area (Å²) in [5.74, 6) is -0.372. The number of primary amides is 1. The van der Waals surface area contributed by atoms with Crippen LogP contribution in [0.15, 0.2) is 29.8 Å². The van der Waals surface area contributed by atoms with Gasteiger partial charge in [0.15, 0.2) is 0 Å². The quantitative estimate of drug-likeness (QED) is 0.326. The van der Waals surface area contributed by atoms with Crippen LogP contribution in [0.2, 0.25) is 0 Å². The summed E-state index contributed by atoms with van der Waals surface area (Å²) in [5.41, 5.74) is 7.95. The van der Waals surface area contributed by atoms with Crippen molar-refractivity contribution in [3.05, 3.63) is 35.4 Å². The molecule has 3 nitrogen and oxygen atoms in total. The van der Waals surface area contributed by atoms with Crippen molar-refractivity contribution in [3.63, 3.8) is 0 Å². The smallest absolute Gasteiger partial charge is 0.244 e. The van der Waals surface area contributed by atoms with E-state index in [0.717, 1.165) is 17.8 Å². The lowest BCUT2D eigenvalue weighted by Gasteiger charge is -2.07. The van der Waals surface area contributed by atoms with Gasteiger partial charge >= 0.3 is 0 Å². The second-order valence-electron chi connectivity index (χ2n) is 6.92. The van der Waals surface area contributed by atoms with E-state index < -0.39 is 0 Å². The van der Waals surface area contributed by atoms with Crippen LogP contribution in [0, 0.1) is 0 Å². The number of hydrogen-bond donors (Lipinski definition) is 2. The first-order valence-electron chi connectivity index (χ1n) is 9.95. The molecule has 3 heteroatoms. The largest absolute Gasteiger partial charge is 0.385 e. The van der Waals surface area contributed by atoms with E-state index in [1.54, 1.807) is 6.92 Å². The Morgan fingerprint density at radius 2 is 1.44 bits per heavy atom. The monoisotopic (exact) mass is 344 g/mol. The summed E-state index contributed by atoms with van der Waals surface area (Å²) in [7, 11) is 0. The number of rotatable bonds is 14. The highest BCUT2D eigenvalue weighted by Gasteiger charge is 1.98. The molecule has 0 heterocycles. The van der Waals surface area contributed by atoms with Crippen LogP contribution in [0.3, 0.4) is 0 Å². The maximum absolute atomic E-state index is 11.0. The molecule has 1 rings (SSSR count). The Balaban J connectivity index is 2.07. The highest BCUT2D eigenvalue weighted by Crippen LogP contribution is 2.14. The van der Waals surface area contributed by atoms with Gasteiger partial charge < -0.3 is 11.1 Å². The molecule has 3 N–H and O–H groups in total. The first kappa shape index (κ1) is 21.3. The third-order valence-electron chi connectivity index (χ3n) is 4.54. The van der Waals surface area contributed by atoms with Crippen LogP contribution in [0.25, 0.3) is 6.08 Å². The molecule has 0 fully saturated rings. The first-order valence-corrected chi connectivity index (χ1v) is 9.95. The van der Waals surface area contributed by atoms with Gasteiger partial charge in [-0.2, -0.15) is 0 Å². The zero-order chi connectivity index (χ0) is 18.3. The van der Waals surface area contributed by atoms with Gasteiger partial charge in [0.25, 0.3) is 0 Å². The summed E-state index contributed by atoms with van der Waals surface area (Å²) < 4.78 is 0. The number of hydrogen-bond acceptors (Lipinski definition) is 2. The van der Waals surface area contributed by atoms with E-state index >= 15 is 0 Å². The Kier molecular flexibility index (Phi) is 11.5. The van der Waals surface area contributed by atoms with E-state index in [-0.39, 0.29) is 5.91 Å². The maximum atomic E-state index is 11.0. The number of carbonyl (C=O) groups excluding carboxylic acids is 1. The average Bonchev–Trinajstić information content (AvgIpc) is 2.61. The molecule has 1 aromatic rings. The average molecular weight is 345 g/mol. The second kappa shape index (κ2) is 13.5. The van der Waals surface area contributed by atoms with Gasteiger partial charge in [0.2, 0.25) is 5.91 Å². The van der Waals surface area contributed by atoms with Crippen molar-refractivity contribution >= 4 is 17.7 Å². The molecule has 0 bridgehead atoms. The maximum Gasteiger partial charge on any atom is 0.244 e. The summed E-state index contributed by atoms with van der Waals surface area (Å²) in [6, 6.07) is 8.12. The Bertz CT molecular complexity index is 505. The fraction of sp³-hybridized carbons (Fsp3) is 0.591. The Morgan fingerprint density at radius 3 is 1.96 bits per heavy atom. The third kappa shape index (κ3) is 10.6. The number of nitrogens with one attached hydrogen (secondary N) is 1. The predicted molar refractivity (Wildman–Crippen MR) is 110 cm³/mol. The Hall–Kier alpha value is -1.77. The van der Waals surface area contributed by atoms with Crippen molar-refractivity contribution in [3.8, 4) is 0 Å². The number of benzene rings is 1. The van der Waals surface area contributed by atoms with Crippen molar-refractivity contribution in [2.75, 3.05) is 11.9 Å². The number of nitrogens with two attached hydrogens (primary N) is 1. The number of amides is 1. The Labute approximate surface area is 154 Å². The van der Waals surface area contributed by atoms with Crippen LogP contribution in [0.1, 0.15) is 83.6 Å². The molecule has 0 spiro atoms. The number of anilines is 1. The molecule has 0 saturated carbocycles. The third-order valence-corrected chi connectivity index (χ3v) is 4.54. The van der Waals surface area contributed by atoms with E-state index in [9.17, 15) is 4.79 Å². The van der Waals surface area contributed by atoms with Gasteiger partial charge in [0, 0.05) is 17.8 Å². The van der Waals surface area contributed by atoms with Crippen molar-refractivity contribution < 1.29 is 4.79 Å². The zero-order valence-corrected chi connectivity index (χ0v) is 16.2. The van der Waals surface area contributed by atoms with Gasteiger partial charge in [0.05, 0.1) is 0 Å². The van der Waals surface area contributed by atoms with Crippen LogP contribution in [0.5, 0.6) is 0 Å². The van der Waals surface area contributed by atoms with Gasteiger partial charge in [-0.3, -0.25) is 4.79 Å². The van der Waals surface area contributed by atoms with Crippen LogP contribution in [0.4, 0.5) is 5.69 Å². The minimum Gasteiger partial charge on any atom is -0.385 e. The molecule has 1 aromatic carbocycles. The minimum absolute atomic E-state index is 0.372. The summed E-state index contributed by atoms with van der Waals surface area (Å²) in [4.78, 5) is 11.0. The molecule has 140 valence electrons. The highest BCUT2D eigenvalue weighted by molar-refractivity contribution is 5.95. The van der Waals surface area contributed by atoms with Crippen LogP contribution < -0.4 is 11.1 Å². The van der Waals surface area contributed by atoms with Crippen molar-refractivity contribution in [2.24, 2.45) is 5.73 Å². The molecule has 0 saturated heterocycles. The lowest BCUT2D eigenvalue weighted by molar-refractivity contribution is -0.114. The highest BCUT2D eigenvalue weighted by atomic mass is 16.1. The fourth-order valence-corrected chi connectivity index (χ4v) is 2.86. The van der Waals surface area contributed by atoms with E-state index in [1.165, 1.54) is 64.2 Å². The van der Waals surface area contributed by atoms with Crippen LogP contribution in [-0.2, 0) is 4.79 Å². The molecule has 0 atom stereocenters. The van der Waals surface area contributed by atoms with Crippen molar-refractivity contribution in [1.29, 1.82) is 0 Å². The molecular formula is C22H36N2O. The molecule has 0 aliphatic carbocycles. The summed E-state index contributed by atoms with van der Waals surface area (Å²) >= 11 is 0. The second-order valence-corrected chi connectivity index (χ2v) is 6.92. The molecule has 0 radical (unpaired) electrons. The van der Waals surface area contributed by atoms with Gasteiger partial charge in [-0.15, -0.1) is 0 Å². The van der Waals surface area contributed by atoms with Gasteiger partial charge in [-0.25, -0.2) is 0 Å². The molecule has 0 aromatic heterocycles. The number of carbonyl (C=O) groups is 1. The molecule has 0 aliphatic heterocycles. The first-order chi connectivity index (χ1) is 12.1. The lowest BCUT2D eigenvalue weighted by atomic mass is 10.1. The normalized spacial score (nSPS) is 11.5. The molecule has 0 aliphatic rings. The zero-order valence-electron chi connectivity index (χ0n) is 16.2. The fourth-order valence-electron chi connectivity index (χ4n) is 2.86. The summed E-state index contributed by atoms with van der Waals surface area (Å²) in [6.45, 7) is 5.02. The topological polar surface area (TPSA) is 55.1 Å². The van der Waals surface area contributed by atoms with Crippen LogP contribution >= 0.6 is 0 Å². The van der Waals surface area contributed by atoms with E-state index in [2.05, 4.69) is 24.4 Å². The SMILES string of the molecule is CCCCCCCCCCCCNc1ccc(C=C(C)C(N)=O)cc1. The Morgan fingerprint density at radius 1 is 0.920 bits per heavy atom. The molecule has 25 heavy (non-hydrogen) atoms.